The molecule has 0 radical (unpaired) electrons. The number of anilines is 2. The zero-order chi connectivity index (χ0) is 14.5. The van der Waals surface area contributed by atoms with Crippen molar-refractivity contribution < 1.29 is 9.90 Å². The van der Waals surface area contributed by atoms with Crippen molar-refractivity contribution in [3.63, 3.8) is 0 Å². The van der Waals surface area contributed by atoms with Gasteiger partial charge in [-0.05, 0) is 31.0 Å². The number of nitrogens with two attached hydrogens (primary N) is 1. The van der Waals surface area contributed by atoms with E-state index < -0.39 is 0 Å². The van der Waals surface area contributed by atoms with Gasteiger partial charge in [0, 0.05) is 19.2 Å². The Kier molecular flexibility index (Phi) is 4.84. The highest BCUT2D eigenvalue weighted by atomic mass is 16.3. The Balaban J connectivity index is 2.28. The molecule has 1 aliphatic heterocycles. The van der Waals surface area contributed by atoms with Crippen LogP contribution in [0.15, 0.2) is 18.2 Å². The van der Waals surface area contributed by atoms with Crippen LogP contribution in [0.5, 0.6) is 0 Å². The van der Waals surface area contributed by atoms with E-state index in [-0.39, 0.29) is 18.6 Å². The topological polar surface area (TPSA) is 78.6 Å². The molecule has 1 unspecified atom stereocenters. The van der Waals surface area contributed by atoms with Gasteiger partial charge < -0.3 is 21.1 Å². The van der Waals surface area contributed by atoms with E-state index in [1.807, 2.05) is 6.07 Å². The minimum absolute atomic E-state index is 0.116. The average molecular weight is 277 g/mol. The lowest BCUT2D eigenvalue weighted by Gasteiger charge is -2.32. The first-order valence-corrected chi connectivity index (χ1v) is 7.16. The van der Waals surface area contributed by atoms with Crippen molar-refractivity contribution in [2.75, 3.05) is 30.8 Å². The Bertz CT molecular complexity index is 476. The molecule has 1 saturated heterocycles. The van der Waals surface area contributed by atoms with Crippen LogP contribution in [0.4, 0.5) is 11.4 Å². The first-order chi connectivity index (χ1) is 9.67. The maximum Gasteiger partial charge on any atom is 0.251 e. The maximum atomic E-state index is 11.6. The Labute approximate surface area is 119 Å². The van der Waals surface area contributed by atoms with E-state index in [0.29, 0.717) is 11.3 Å². The van der Waals surface area contributed by atoms with E-state index in [2.05, 4.69) is 10.2 Å². The van der Waals surface area contributed by atoms with Gasteiger partial charge in [-0.1, -0.05) is 12.8 Å². The minimum atomic E-state index is -0.141. The Morgan fingerprint density at radius 1 is 1.45 bits per heavy atom. The monoisotopic (exact) mass is 277 g/mol. The standard InChI is InChI=1S/C15H23N3O2/c1-17-15(20)11-6-7-14(13(16)9-11)18-8-4-2-3-5-12(18)10-19/h6-7,9,12,19H,2-5,8,10,16H2,1H3,(H,17,20). The van der Waals surface area contributed by atoms with E-state index in [0.717, 1.165) is 31.5 Å². The summed E-state index contributed by atoms with van der Waals surface area (Å²) in [7, 11) is 1.60. The van der Waals surface area contributed by atoms with E-state index in [1.165, 1.54) is 6.42 Å². The van der Waals surface area contributed by atoms with Crippen LogP contribution in [0, 0.1) is 0 Å². The predicted octanol–water partition coefficient (Wildman–Crippen LogP) is 1.37. The molecule has 0 saturated carbocycles. The number of rotatable bonds is 3. The zero-order valence-corrected chi connectivity index (χ0v) is 11.9. The lowest BCUT2D eigenvalue weighted by atomic mass is 10.1. The van der Waals surface area contributed by atoms with E-state index in [9.17, 15) is 9.90 Å². The molecule has 1 amide bonds. The van der Waals surface area contributed by atoms with Crippen molar-refractivity contribution in [3.05, 3.63) is 23.8 Å². The number of aliphatic hydroxyl groups is 1. The Hall–Kier alpha value is -1.75. The second kappa shape index (κ2) is 6.61. The van der Waals surface area contributed by atoms with Crippen molar-refractivity contribution in [3.8, 4) is 0 Å². The Morgan fingerprint density at radius 2 is 2.25 bits per heavy atom. The highest BCUT2D eigenvalue weighted by molar-refractivity contribution is 5.96. The summed E-state index contributed by atoms with van der Waals surface area (Å²) in [4.78, 5) is 13.8. The molecule has 0 aliphatic carbocycles. The summed E-state index contributed by atoms with van der Waals surface area (Å²) in [6, 6.07) is 5.48. The van der Waals surface area contributed by atoms with Gasteiger partial charge in [0.1, 0.15) is 0 Å². The SMILES string of the molecule is CNC(=O)c1ccc(N2CCCCCC2CO)c(N)c1. The van der Waals surface area contributed by atoms with Crippen LogP contribution >= 0.6 is 0 Å². The largest absolute Gasteiger partial charge is 0.397 e. The van der Waals surface area contributed by atoms with Gasteiger partial charge in [0.05, 0.1) is 24.0 Å². The Morgan fingerprint density at radius 3 is 2.90 bits per heavy atom. The quantitative estimate of drug-likeness (QED) is 0.729. The molecule has 0 spiro atoms. The van der Waals surface area contributed by atoms with Crippen LogP contribution < -0.4 is 16.0 Å². The van der Waals surface area contributed by atoms with Crippen LogP contribution in [0.2, 0.25) is 0 Å². The van der Waals surface area contributed by atoms with E-state index in [4.69, 9.17) is 5.73 Å². The van der Waals surface area contributed by atoms with Crippen molar-refractivity contribution in [1.82, 2.24) is 5.32 Å². The summed E-state index contributed by atoms with van der Waals surface area (Å²) < 4.78 is 0. The van der Waals surface area contributed by atoms with E-state index >= 15 is 0 Å². The number of nitrogens with one attached hydrogen (secondary N) is 1. The number of carbonyl (C=O) groups excluding carboxylic acids is 1. The molecule has 1 heterocycles. The number of nitrogens with zero attached hydrogens (tertiary/aromatic N) is 1. The molecule has 0 bridgehead atoms. The second-order valence-electron chi connectivity index (χ2n) is 5.23. The molecule has 0 aromatic heterocycles. The van der Waals surface area contributed by atoms with Crippen molar-refractivity contribution in [2.24, 2.45) is 0 Å². The molecule has 5 nitrogen and oxygen atoms in total. The van der Waals surface area contributed by atoms with Gasteiger partial charge in [-0.2, -0.15) is 0 Å². The van der Waals surface area contributed by atoms with Gasteiger partial charge >= 0.3 is 0 Å². The number of hydrogen-bond donors (Lipinski definition) is 3. The first kappa shape index (κ1) is 14.7. The molecule has 1 atom stereocenters. The molecular weight excluding hydrogens is 254 g/mol. The van der Waals surface area contributed by atoms with Gasteiger partial charge in [0.2, 0.25) is 0 Å². The van der Waals surface area contributed by atoms with Gasteiger partial charge in [-0.25, -0.2) is 0 Å². The number of carbonyl (C=O) groups is 1. The molecule has 1 fully saturated rings. The second-order valence-corrected chi connectivity index (χ2v) is 5.23. The average Bonchev–Trinajstić information content (AvgIpc) is 2.71. The van der Waals surface area contributed by atoms with Crippen LogP contribution in [-0.2, 0) is 0 Å². The van der Waals surface area contributed by atoms with Gasteiger partial charge in [-0.15, -0.1) is 0 Å². The van der Waals surface area contributed by atoms with Crippen molar-refractivity contribution in [2.45, 2.75) is 31.7 Å². The van der Waals surface area contributed by atoms with Crippen molar-refractivity contribution >= 4 is 17.3 Å². The molecule has 1 aromatic rings. The lowest BCUT2D eigenvalue weighted by molar-refractivity contribution is 0.0963. The van der Waals surface area contributed by atoms with Crippen LogP contribution in [-0.4, -0.2) is 37.3 Å². The summed E-state index contributed by atoms with van der Waals surface area (Å²) in [5, 5.41) is 12.2. The highest BCUT2D eigenvalue weighted by Crippen LogP contribution is 2.29. The normalized spacial score (nSPS) is 19.5. The molecule has 2 rings (SSSR count). The molecule has 20 heavy (non-hydrogen) atoms. The fraction of sp³-hybridized carbons (Fsp3) is 0.533. The number of benzene rings is 1. The third kappa shape index (κ3) is 3.04. The zero-order valence-electron chi connectivity index (χ0n) is 11.9. The molecular formula is C15H23N3O2. The lowest BCUT2D eigenvalue weighted by Crippen LogP contribution is -2.38. The number of hydrogen-bond acceptors (Lipinski definition) is 4. The van der Waals surface area contributed by atoms with Crippen LogP contribution in [0.3, 0.4) is 0 Å². The minimum Gasteiger partial charge on any atom is -0.397 e. The number of nitrogen functional groups attached to an aromatic ring is 1. The van der Waals surface area contributed by atoms with Crippen LogP contribution in [0.25, 0.3) is 0 Å². The molecule has 110 valence electrons. The third-order valence-corrected chi connectivity index (χ3v) is 3.91. The predicted molar refractivity (Wildman–Crippen MR) is 80.9 cm³/mol. The van der Waals surface area contributed by atoms with E-state index in [1.54, 1.807) is 19.2 Å². The number of amides is 1. The number of aliphatic hydroxyl groups excluding tert-OH is 1. The molecule has 4 N–H and O–H groups in total. The fourth-order valence-corrected chi connectivity index (χ4v) is 2.79. The summed E-state index contributed by atoms with van der Waals surface area (Å²) in [5.74, 6) is -0.141. The third-order valence-electron chi connectivity index (χ3n) is 3.91. The first-order valence-electron chi connectivity index (χ1n) is 7.16. The van der Waals surface area contributed by atoms with Crippen LogP contribution in [0.1, 0.15) is 36.0 Å². The summed E-state index contributed by atoms with van der Waals surface area (Å²) >= 11 is 0. The smallest absolute Gasteiger partial charge is 0.251 e. The van der Waals surface area contributed by atoms with Gasteiger partial charge in [0.15, 0.2) is 0 Å². The van der Waals surface area contributed by atoms with Crippen molar-refractivity contribution in [1.29, 1.82) is 0 Å². The van der Waals surface area contributed by atoms with Gasteiger partial charge in [-0.3, -0.25) is 4.79 Å². The fourth-order valence-electron chi connectivity index (χ4n) is 2.79. The molecule has 1 aliphatic rings. The maximum absolute atomic E-state index is 11.6. The summed E-state index contributed by atoms with van der Waals surface area (Å²) in [6.07, 6.45) is 4.40. The summed E-state index contributed by atoms with van der Waals surface area (Å²) in [5.41, 5.74) is 8.17. The molecule has 5 heteroatoms. The summed E-state index contributed by atoms with van der Waals surface area (Å²) in [6.45, 7) is 1.03. The highest BCUT2D eigenvalue weighted by Gasteiger charge is 2.22. The van der Waals surface area contributed by atoms with Gasteiger partial charge in [0.25, 0.3) is 5.91 Å². The molecule has 1 aromatic carbocycles.